The van der Waals surface area contributed by atoms with E-state index in [-0.39, 0.29) is 11.6 Å². The van der Waals surface area contributed by atoms with Crippen LogP contribution in [0.2, 0.25) is 0 Å². The molecular formula is C18H19F3N8O. The Balaban J connectivity index is 1.61. The van der Waals surface area contributed by atoms with Crippen molar-refractivity contribution in [3.8, 4) is 0 Å². The van der Waals surface area contributed by atoms with Crippen molar-refractivity contribution < 1.29 is 18.0 Å². The molecule has 0 saturated carbocycles. The molecule has 0 unspecified atom stereocenters. The van der Waals surface area contributed by atoms with E-state index < -0.39 is 18.6 Å². The van der Waals surface area contributed by atoms with Gasteiger partial charge in [0.05, 0.1) is 11.6 Å². The van der Waals surface area contributed by atoms with Crippen molar-refractivity contribution >= 4 is 17.5 Å². The van der Waals surface area contributed by atoms with E-state index in [0.29, 0.717) is 24.0 Å². The van der Waals surface area contributed by atoms with Crippen LogP contribution in [-0.4, -0.2) is 74.8 Å². The number of pyridine rings is 1. The van der Waals surface area contributed by atoms with Gasteiger partial charge in [0.25, 0.3) is 5.91 Å². The maximum absolute atomic E-state index is 12.4. The molecule has 1 saturated heterocycles. The van der Waals surface area contributed by atoms with E-state index in [4.69, 9.17) is 0 Å². The van der Waals surface area contributed by atoms with Gasteiger partial charge < -0.3 is 10.2 Å². The summed E-state index contributed by atoms with van der Waals surface area (Å²) in [6, 6.07) is 4.55. The van der Waals surface area contributed by atoms with E-state index in [9.17, 15) is 18.0 Å². The fourth-order valence-electron chi connectivity index (χ4n) is 3.34. The van der Waals surface area contributed by atoms with Gasteiger partial charge in [-0.05, 0) is 25.2 Å². The second-order valence-electron chi connectivity index (χ2n) is 6.99. The number of fused-ring (bicyclic) bond motifs is 1. The Hall–Kier alpha value is -3.28. The second-order valence-corrected chi connectivity index (χ2v) is 6.99. The Morgan fingerprint density at radius 2 is 1.97 bits per heavy atom. The SMILES string of the molecule is CN1CCN(c2ncccn2)C[C@@H]1c1nnc2ccc(C(=O)NCC(F)(F)F)cn12. The topological polar surface area (TPSA) is 91.6 Å². The van der Waals surface area contributed by atoms with Crippen molar-refractivity contribution in [2.24, 2.45) is 0 Å². The van der Waals surface area contributed by atoms with Crippen LogP contribution in [0, 0.1) is 0 Å². The molecule has 1 N–H and O–H groups in total. The van der Waals surface area contributed by atoms with E-state index in [1.165, 1.54) is 12.3 Å². The van der Waals surface area contributed by atoms with Crippen molar-refractivity contribution in [2.45, 2.75) is 12.2 Å². The number of likely N-dealkylation sites (N-methyl/N-ethyl adjacent to an activating group) is 1. The van der Waals surface area contributed by atoms with Crippen LogP contribution in [0.15, 0.2) is 36.8 Å². The highest BCUT2D eigenvalue weighted by Crippen LogP contribution is 2.25. The quantitative estimate of drug-likeness (QED) is 0.680. The Labute approximate surface area is 169 Å². The lowest BCUT2D eigenvalue weighted by atomic mass is 10.1. The van der Waals surface area contributed by atoms with Gasteiger partial charge in [0.2, 0.25) is 5.95 Å². The van der Waals surface area contributed by atoms with Crippen molar-refractivity contribution in [3.05, 3.63) is 48.2 Å². The van der Waals surface area contributed by atoms with Gasteiger partial charge in [-0.2, -0.15) is 13.2 Å². The number of aromatic nitrogens is 5. The van der Waals surface area contributed by atoms with Crippen LogP contribution >= 0.6 is 0 Å². The highest BCUT2D eigenvalue weighted by molar-refractivity contribution is 5.94. The third-order valence-electron chi connectivity index (χ3n) is 4.92. The Kier molecular flexibility index (Phi) is 5.24. The van der Waals surface area contributed by atoms with Gasteiger partial charge in [-0.1, -0.05) is 0 Å². The number of carbonyl (C=O) groups excluding carboxylic acids is 1. The molecule has 1 amide bonds. The molecular weight excluding hydrogens is 401 g/mol. The van der Waals surface area contributed by atoms with E-state index >= 15 is 0 Å². The summed E-state index contributed by atoms with van der Waals surface area (Å²) in [4.78, 5) is 24.9. The van der Waals surface area contributed by atoms with Gasteiger partial charge in [-0.25, -0.2) is 9.97 Å². The first-order valence-electron chi connectivity index (χ1n) is 9.24. The highest BCUT2D eigenvalue weighted by Gasteiger charge is 2.31. The average Bonchev–Trinajstić information content (AvgIpc) is 3.15. The summed E-state index contributed by atoms with van der Waals surface area (Å²) in [6.45, 7) is 0.616. The number of nitrogens with zero attached hydrogens (tertiary/aromatic N) is 7. The number of alkyl halides is 3. The molecule has 4 rings (SSSR count). The molecule has 1 aliphatic heterocycles. The minimum Gasteiger partial charge on any atom is -0.343 e. The summed E-state index contributed by atoms with van der Waals surface area (Å²) in [7, 11) is 1.95. The average molecular weight is 420 g/mol. The minimum atomic E-state index is -4.48. The molecule has 3 aromatic heterocycles. The molecule has 1 fully saturated rings. The number of piperazine rings is 1. The number of carbonyl (C=O) groups is 1. The van der Waals surface area contributed by atoms with Gasteiger partial charge in [-0.15, -0.1) is 10.2 Å². The predicted molar refractivity (Wildman–Crippen MR) is 101 cm³/mol. The summed E-state index contributed by atoms with van der Waals surface area (Å²) >= 11 is 0. The molecule has 1 atom stereocenters. The fourth-order valence-corrected chi connectivity index (χ4v) is 3.34. The molecule has 12 heteroatoms. The standard InChI is InChI=1S/C18H19F3N8O/c1-27-7-8-28(17-22-5-2-6-23-17)10-13(27)15-26-25-14-4-3-12(9-29(14)15)16(30)24-11-18(19,20)21/h2-6,9,13H,7-8,10-11H2,1H3,(H,24,30)/t13-/m1/s1. The first-order valence-corrected chi connectivity index (χ1v) is 9.24. The van der Waals surface area contributed by atoms with Gasteiger partial charge in [-0.3, -0.25) is 14.1 Å². The molecule has 3 aromatic rings. The van der Waals surface area contributed by atoms with Gasteiger partial charge in [0, 0.05) is 38.2 Å². The first kappa shape index (κ1) is 20.0. The van der Waals surface area contributed by atoms with Crippen molar-refractivity contribution in [1.29, 1.82) is 0 Å². The molecule has 4 heterocycles. The fraction of sp³-hybridized carbons (Fsp3) is 0.389. The van der Waals surface area contributed by atoms with Gasteiger partial charge in [0.1, 0.15) is 6.54 Å². The van der Waals surface area contributed by atoms with Crippen LogP contribution in [0.25, 0.3) is 5.65 Å². The Morgan fingerprint density at radius 3 is 2.70 bits per heavy atom. The third-order valence-corrected chi connectivity index (χ3v) is 4.92. The van der Waals surface area contributed by atoms with Crippen LogP contribution in [0.3, 0.4) is 0 Å². The molecule has 30 heavy (non-hydrogen) atoms. The van der Waals surface area contributed by atoms with Crippen LogP contribution in [0.1, 0.15) is 22.2 Å². The maximum Gasteiger partial charge on any atom is 0.405 e. The van der Waals surface area contributed by atoms with E-state index in [0.717, 1.165) is 13.1 Å². The molecule has 0 spiro atoms. The summed E-state index contributed by atoms with van der Waals surface area (Å²) < 4.78 is 38.8. The molecule has 0 aliphatic carbocycles. The monoisotopic (exact) mass is 420 g/mol. The van der Waals surface area contributed by atoms with Crippen LogP contribution < -0.4 is 10.2 Å². The number of anilines is 1. The molecule has 0 radical (unpaired) electrons. The van der Waals surface area contributed by atoms with Gasteiger partial charge >= 0.3 is 6.18 Å². The Morgan fingerprint density at radius 1 is 1.20 bits per heavy atom. The summed E-state index contributed by atoms with van der Waals surface area (Å²) in [5, 5.41) is 10.3. The second kappa shape index (κ2) is 7.86. The molecule has 158 valence electrons. The zero-order valence-electron chi connectivity index (χ0n) is 16.0. The number of nitrogens with one attached hydrogen (secondary N) is 1. The molecule has 1 aliphatic rings. The van der Waals surface area contributed by atoms with Crippen molar-refractivity contribution in [2.75, 3.05) is 38.1 Å². The minimum absolute atomic E-state index is 0.0921. The largest absolute Gasteiger partial charge is 0.405 e. The zero-order valence-corrected chi connectivity index (χ0v) is 16.0. The van der Waals surface area contributed by atoms with Crippen molar-refractivity contribution in [3.63, 3.8) is 0 Å². The molecule has 0 bridgehead atoms. The lowest BCUT2D eigenvalue weighted by Crippen LogP contribution is -2.48. The smallest absolute Gasteiger partial charge is 0.343 e. The highest BCUT2D eigenvalue weighted by atomic mass is 19.4. The zero-order chi connectivity index (χ0) is 21.3. The van der Waals surface area contributed by atoms with Crippen LogP contribution in [-0.2, 0) is 0 Å². The lowest BCUT2D eigenvalue weighted by molar-refractivity contribution is -0.123. The lowest BCUT2D eigenvalue weighted by Gasteiger charge is -2.38. The third kappa shape index (κ3) is 4.17. The number of amides is 1. The number of hydrogen-bond acceptors (Lipinski definition) is 7. The normalized spacial score (nSPS) is 18.0. The Bertz CT molecular complexity index is 1040. The predicted octanol–water partition coefficient (Wildman–Crippen LogP) is 1.30. The first-order chi connectivity index (χ1) is 14.3. The maximum atomic E-state index is 12.4. The van der Waals surface area contributed by atoms with Crippen molar-refractivity contribution in [1.82, 2.24) is 34.8 Å². The summed E-state index contributed by atoms with van der Waals surface area (Å²) in [5.41, 5.74) is 0.591. The van der Waals surface area contributed by atoms with Crippen LogP contribution in [0.4, 0.5) is 19.1 Å². The molecule has 0 aromatic carbocycles. The number of hydrogen-bond donors (Lipinski definition) is 1. The number of rotatable bonds is 4. The molecule has 9 nitrogen and oxygen atoms in total. The van der Waals surface area contributed by atoms with Gasteiger partial charge in [0.15, 0.2) is 11.5 Å². The van der Waals surface area contributed by atoms with E-state index in [1.807, 2.05) is 17.3 Å². The number of halogens is 3. The summed E-state index contributed by atoms with van der Waals surface area (Å²) in [5.74, 6) is 0.375. The van der Waals surface area contributed by atoms with Crippen LogP contribution in [0.5, 0.6) is 0 Å². The van der Waals surface area contributed by atoms with E-state index in [2.05, 4.69) is 25.1 Å². The summed E-state index contributed by atoms with van der Waals surface area (Å²) in [6.07, 6.45) is 0.333. The van der Waals surface area contributed by atoms with E-state index in [1.54, 1.807) is 28.9 Å².